The van der Waals surface area contributed by atoms with Crippen molar-refractivity contribution in [1.82, 2.24) is 30.9 Å². The van der Waals surface area contributed by atoms with E-state index in [1.165, 1.54) is 24.3 Å². The number of ether oxygens (including phenoxy) is 2. The van der Waals surface area contributed by atoms with Crippen molar-refractivity contribution in [3.8, 4) is 11.5 Å². The van der Waals surface area contributed by atoms with Gasteiger partial charge < -0.3 is 62.0 Å². The topological polar surface area (TPSA) is 316 Å². The first-order valence-electron chi connectivity index (χ1n) is 26.1. The van der Waals surface area contributed by atoms with Crippen LogP contribution in [0.25, 0.3) is 6.08 Å². The summed E-state index contributed by atoms with van der Waals surface area (Å²) in [6.45, 7) is 6.64. The van der Waals surface area contributed by atoms with Gasteiger partial charge in [-0.05, 0) is 110 Å². The number of aromatic nitrogens is 3. The molecule has 6 aromatic rings. The predicted molar refractivity (Wildman–Crippen MR) is 320 cm³/mol. The molecular weight excluding hydrogens is 1110 g/mol. The number of anilines is 4. The number of carbonyl (C=O) groups excluding carboxylic acids is 4. The number of phenols is 1. The number of amidine groups is 2. The third-order valence-electron chi connectivity index (χ3n) is 11.7. The molecule has 0 saturated carbocycles. The molecule has 0 unspecified atom stereocenters. The van der Waals surface area contributed by atoms with Crippen molar-refractivity contribution in [2.45, 2.75) is 39.3 Å². The van der Waals surface area contributed by atoms with E-state index in [0.29, 0.717) is 71.0 Å². The molecule has 1 aromatic heterocycles. The number of nitrogens with zero attached hydrogens (tertiary/aromatic N) is 6. The minimum absolute atomic E-state index is 0.0240. The summed E-state index contributed by atoms with van der Waals surface area (Å²) in [5, 5.41) is 57.8. The van der Waals surface area contributed by atoms with Crippen molar-refractivity contribution in [1.29, 1.82) is 0 Å². The molecule has 26 heteroatoms. The maximum Gasteiger partial charge on any atom is 0.374 e. The second-order valence-corrected chi connectivity index (χ2v) is 18.9. The van der Waals surface area contributed by atoms with Gasteiger partial charge in [-0.3, -0.25) is 29.1 Å². The van der Waals surface area contributed by atoms with Gasteiger partial charge in [0.25, 0.3) is 5.91 Å². The minimum Gasteiger partial charge on any atom is -0.506 e. The number of rotatable bonds is 21. The van der Waals surface area contributed by atoms with E-state index in [0.717, 1.165) is 72.1 Å². The maximum atomic E-state index is 12.7. The Hall–Kier alpha value is -10.1. The van der Waals surface area contributed by atoms with Crippen LogP contribution in [0.15, 0.2) is 153 Å². The van der Waals surface area contributed by atoms with Crippen LogP contribution >= 0.6 is 11.8 Å². The Morgan fingerprint density at radius 3 is 1.89 bits per heavy atom. The summed E-state index contributed by atoms with van der Waals surface area (Å²) in [6.07, 6.45) is 4.77. The summed E-state index contributed by atoms with van der Waals surface area (Å²) < 4.78 is 35.0. The standard InChI is InChI=1S/C35H33N7O8S.2C10H13N3.C3H4F2O2/c1-2-49-35(48)31-32(46)30(51-34(31)39-24-7-4-3-5-8-24)14-22-9-10-29(28(45)13-22)50-12-6-11-42-19-27(40-41-42)18-36-33(47)23-15-25(37-20-43)17-26(16-23)38-21-44;2*1-11-9-4-2-8(3-5-9)10-12-6-7-13-10;1-3(4,5)2(6)7/h3-5,7-10,13-17,19-21,45-46H,2,6,11-12,18H2,1H3,(H,36,47)(H,37,43)(H,38,44);2*2-5,11H,6-7H2,1H3,(H,12,13);1H3,(H,6,7)/b30-14-,39-34?;;;. The zero-order valence-corrected chi connectivity index (χ0v) is 47.0. The molecule has 0 aliphatic carbocycles. The fraction of sp³-hybridized carbons (Fsp3) is 0.241. The number of carbonyl (C=O) groups is 5. The third-order valence-corrected chi connectivity index (χ3v) is 12.7. The van der Waals surface area contributed by atoms with Gasteiger partial charge in [-0.25, -0.2) is 14.6 Å². The summed E-state index contributed by atoms with van der Waals surface area (Å²) in [5.41, 5.74) is 7.14. The Morgan fingerprint density at radius 1 is 0.810 bits per heavy atom. The SMILES string of the molecule is CC(F)(F)C(=O)O.CCOC(=O)C1=C(O)/C(=C/c2ccc(OCCCn3cc(CNC(=O)c4cc(NC=O)cc(NC=O)c4)nn3)c(O)c2)SC1=Nc1ccccc1.CNc1ccc(C2=NCCN2)cc1.CNc1ccc(C2=NCCN2)cc1. The molecule has 4 heterocycles. The molecule has 3 aliphatic rings. The number of alkyl halides is 2. The molecule has 3 amide bonds. The number of carboxylic acids is 1. The Bertz CT molecular complexity index is 3290. The van der Waals surface area contributed by atoms with Crippen LogP contribution in [0.1, 0.15) is 53.0 Å². The van der Waals surface area contributed by atoms with Crippen LogP contribution in [0.3, 0.4) is 0 Å². The average Bonchev–Trinajstić information content (AvgIpc) is 4.41. The number of benzene rings is 5. The summed E-state index contributed by atoms with van der Waals surface area (Å²) in [6, 6.07) is 34.8. The van der Waals surface area contributed by atoms with Gasteiger partial charge in [-0.2, -0.15) is 8.78 Å². The number of hydrogen-bond acceptors (Lipinski definition) is 19. The summed E-state index contributed by atoms with van der Waals surface area (Å²) in [7, 11) is 3.83. The van der Waals surface area contributed by atoms with Crippen molar-refractivity contribution in [3.05, 3.63) is 166 Å². The largest absolute Gasteiger partial charge is 0.506 e. The monoisotopic (exact) mass is 1170 g/mol. The van der Waals surface area contributed by atoms with E-state index in [9.17, 15) is 43.0 Å². The maximum absolute atomic E-state index is 12.7. The number of aliphatic hydroxyl groups excluding tert-OH is 1. The number of thioether (sulfide) groups is 1. The molecule has 0 bridgehead atoms. The number of aryl methyl sites for hydroxylation is 1. The van der Waals surface area contributed by atoms with Crippen LogP contribution in [0.5, 0.6) is 11.5 Å². The van der Waals surface area contributed by atoms with Crippen LogP contribution in [0.2, 0.25) is 0 Å². The Balaban J connectivity index is 0.000000272. The van der Waals surface area contributed by atoms with Gasteiger partial charge in [0, 0.05) is 86.5 Å². The van der Waals surface area contributed by atoms with Gasteiger partial charge >= 0.3 is 17.9 Å². The Morgan fingerprint density at radius 2 is 1.39 bits per heavy atom. The first kappa shape index (κ1) is 63.1. The van der Waals surface area contributed by atoms with E-state index >= 15 is 0 Å². The predicted octanol–water partition coefficient (Wildman–Crippen LogP) is 7.59. The molecule has 9 rings (SSSR count). The second kappa shape index (κ2) is 31.8. The highest BCUT2D eigenvalue weighted by Gasteiger charge is 2.33. The highest BCUT2D eigenvalue weighted by Crippen LogP contribution is 2.41. The molecule has 0 atom stereocenters. The molecule has 10 N–H and O–H groups in total. The van der Waals surface area contributed by atoms with Gasteiger partial charge in [0.05, 0.1) is 49.6 Å². The fourth-order valence-corrected chi connectivity index (χ4v) is 8.59. The quantitative estimate of drug-likeness (QED) is 0.0188. The molecular formula is C58H63F2N13O10S. The number of halogens is 2. The van der Waals surface area contributed by atoms with Crippen molar-refractivity contribution in [2.24, 2.45) is 15.0 Å². The van der Waals surface area contributed by atoms with Crippen LogP contribution in [-0.2, 0) is 37.0 Å². The molecule has 84 heavy (non-hydrogen) atoms. The smallest absolute Gasteiger partial charge is 0.374 e. The number of esters is 1. The number of carboxylic acid groups (broad SMARTS) is 1. The van der Waals surface area contributed by atoms with Crippen LogP contribution in [-0.4, -0.2) is 137 Å². The number of phenolic OH excluding ortho intramolecular Hbond substituents is 1. The lowest BCUT2D eigenvalue weighted by Gasteiger charge is -2.09. The molecule has 23 nitrogen and oxygen atoms in total. The van der Waals surface area contributed by atoms with Gasteiger partial charge in [0.2, 0.25) is 12.8 Å². The summed E-state index contributed by atoms with van der Waals surface area (Å²) in [4.78, 5) is 69.9. The van der Waals surface area contributed by atoms with Gasteiger partial charge in [0.1, 0.15) is 33.7 Å². The molecule has 0 saturated heterocycles. The first-order chi connectivity index (χ1) is 40.5. The van der Waals surface area contributed by atoms with Gasteiger partial charge in [-0.15, -0.1) is 5.10 Å². The Labute approximate surface area is 486 Å². The minimum atomic E-state index is -3.58. The molecule has 0 fully saturated rings. The molecule has 3 aliphatic heterocycles. The second-order valence-electron chi connectivity index (χ2n) is 17.9. The molecule has 5 aromatic carbocycles. The van der Waals surface area contributed by atoms with E-state index in [1.54, 1.807) is 48.1 Å². The van der Waals surface area contributed by atoms with Gasteiger partial charge in [0.15, 0.2) is 11.5 Å². The normalized spacial score (nSPS) is 14.1. The number of amides is 3. The van der Waals surface area contributed by atoms with Crippen LogP contribution in [0, 0.1) is 0 Å². The lowest BCUT2D eigenvalue weighted by atomic mass is 10.1. The number of para-hydroxylation sites is 1. The van der Waals surface area contributed by atoms with E-state index in [2.05, 4.69) is 111 Å². The van der Waals surface area contributed by atoms with E-state index < -0.39 is 23.8 Å². The number of aliphatic carboxylic acids is 1. The van der Waals surface area contributed by atoms with Crippen LogP contribution in [0.4, 0.5) is 37.2 Å². The van der Waals surface area contributed by atoms with Crippen molar-refractivity contribution in [2.75, 3.05) is 74.8 Å². The Kier molecular flexibility index (Phi) is 23.9. The van der Waals surface area contributed by atoms with Crippen molar-refractivity contribution < 1.29 is 57.5 Å². The number of hydrogen-bond donors (Lipinski definition) is 10. The lowest BCUT2D eigenvalue weighted by Crippen LogP contribution is -2.23. The van der Waals surface area contributed by atoms with Gasteiger partial charge in [-0.1, -0.05) is 41.2 Å². The third kappa shape index (κ3) is 19.3. The summed E-state index contributed by atoms with van der Waals surface area (Å²) in [5.74, 6) is -4.88. The molecule has 440 valence electrons. The number of nitrogens with one attached hydrogen (secondary N) is 7. The zero-order valence-electron chi connectivity index (χ0n) is 46.2. The van der Waals surface area contributed by atoms with E-state index in [4.69, 9.17) is 14.6 Å². The number of aliphatic imine (C=N–C) groups is 3. The first-order valence-corrected chi connectivity index (χ1v) is 26.9. The van der Waals surface area contributed by atoms with Crippen molar-refractivity contribution >= 4 is 93.7 Å². The summed E-state index contributed by atoms with van der Waals surface area (Å²) >= 11 is 1.12. The van der Waals surface area contributed by atoms with E-state index in [-0.39, 0.29) is 48.2 Å². The zero-order chi connectivity index (χ0) is 60.4. The highest BCUT2D eigenvalue weighted by molar-refractivity contribution is 8.18. The molecule has 0 radical (unpaired) electrons. The van der Waals surface area contributed by atoms with E-state index in [1.807, 2.05) is 32.3 Å². The molecule has 0 spiro atoms. The average molecular weight is 1170 g/mol. The number of aromatic hydroxyl groups is 1. The highest BCUT2D eigenvalue weighted by atomic mass is 32.2. The van der Waals surface area contributed by atoms with Crippen LogP contribution < -0.4 is 42.0 Å². The van der Waals surface area contributed by atoms with Crippen molar-refractivity contribution in [3.63, 3.8) is 0 Å². The fourth-order valence-electron chi connectivity index (χ4n) is 7.55. The number of aliphatic hydroxyl groups is 1. The lowest BCUT2D eigenvalue weighted by molar-refractivity contribution is -0.162.